The van der Waals surface area contributed by atoms with E-state index in [0.29, 0.717) is 6.42 Å². The molecule has 0 aliphatic heterocycles. The van der Waals surface area contributed by atoms with Crippen molar-refractivity contribution >= 4 is 5.97 Å². The molecule has 0 rings (SSSR count). The second-order valence-corrected chi connectivity index (χ2v) is 2.49. The minimum atomic E-state index is -0.976. The van der Waals surface area contributed by atoms with E-state index in [1.165, 1.54) is 6.92 Å². The molecule has 2 unspecified atom stereocenters. The summed E-state index contributed by atoms with van der Waals surface area (Å²) >= 11 is 0. The normalized spacial score (nSPS) is 15.9. The maximum Gasteiger partial charge on any atom is 0.332 e. The number of aliphatic hydroxyl groups excluding tert-OH is 1. The number of ether oxygens (including phenoxy) is 1. The van der Waals surface area contributed by atoms with Gasteiger partial charge in [0, 0.05) is 0 Å². The van der Waals surface area contributed by atoms with E-state index in [0.717, 1.165) is 0 Å². The first-order valence-corrected chi connectivity index (χ1v) is 3.56. The van der Waals surface area contributed by atoms with Crippen molar-refractivity contribution in [1.29, 1.82) is 0 Å². The van der Waals surface area contributed by atoms with E-state index in [-0.39, 0.29) is 6.61 Å². The van der Waals surface area contributed by atoms with Crippen molar-refractivity contribution in [2.45, 2.75) is 32.5 Å². The van der Waals surface area contributed by atoms with Crippen molar-refractivity contribution < 1.29 is 19.7 Å². The number of hydrogen-bond donors (Lipinski definition) is 2. The molecule has 0 spiro atoms. The van der Waals surface area contributed by atoms with Crippen LogP contribution in [0.3, 0.4) is 0 Å². The Morgan fingerprint density at radius 1 is 1.55 bits per heavy atom. The van der Waals surface area contributed by atoms with Crippen LogP contribution in [0, 0.1) is 0 Å². The van der Waals surface area contributed by atoms with Gasteiger partial charge in [-0.1, -0.05) is 0 Å². The molecular formula is C7H14O4. The Balaban J connectivity index is 3.31. The molecule has 0 amide bonds. The molecule has 0 aromatic heterocycles. The van der Waals surface area contributed by atoms with Gasteiger partial charge in [0.05, 0.1) is 12.7 Å². The largest absolute Gasteiger partial charge is 0.479 e. The first-order valence-electron chi connectivity index (χ1n) is 3.56. The molecule has 11 heavy (non-hydrogen) atoms. The lowest BCUT2D eigenvalue weighted by Gasteiger charge is -2.08. The van der Waals surface area contributed by atoms with E-state index >= 15 is 0 Å². The third-order valence-electron chi connectivity index (χ3n) is 1.25. The van der Waals surface area contributed by atoms with Gasteiger partial charge in [-0.25, -0.2) is 4.79 Å². The molecule has 0 aliphatic rings. The average molecular weight is 162 g/mol. The van der Waals surface area contributed by atoms with Crippen molar-refractivity contribution in [3.63, 3.8) is 0 Å². The second kappa shape index (κ2) is 5.09. The fourth-order valence-electron chi connectivity index (χ4n) is 0.487. The van der Waals surface area contributed by atoms with Crippen LogP contribution in [-0.2, 0) is 9.53 Å². The zero-order valence-corrected chi connectivity index (χ0v) is 6.78. The molecule has 0 aromatic carbocycles. The summed E-state index contributed by atoms with van der Waals surface area (Å²) in [5.41, 5.74) is 0. The topological polar surface area (TPSA) is 66.8 Å². The molecule has 4 nitrogen and oxygen atoms in total. The van der Waals surface area contributed by atoms with Gasteiger partial charge in [0.2, 0.25) is 0 Å². The van der Waals surface area contributed by atoms with Gasteiger partial charge in [0.25, 0.3) is 0 Å². The van der Waals surface area contributed by atoms with Crippen molar-refractivity contribution in [3.8, 4) is 0 Å². The SMILES string of the molecule is CC(O)CCOC(C)C(=O)O. The van der Waals surface area contributed by atoms with Gasteiger partial charge in [-0.2, -0.15) is 0 Å². The highest BCUT2D eigenvalue weighted by Crippen LogP contribution is 1.95. The summed E-state index contributed by atoms with van der Waals surface area (Å²) in [6.07, 6.45) is -0.748. The lowest BCUT2D eigenvalue weighted by atomic mass is 10.3. The van der Waals surface area contributed by atoms with Gasteiger partial charge in [0.15, 0.2) is 6.10 Å². The van der Waals surface area contributed by atoms with E-state index in [9.17, 15) is 4.79 Å². The Kier molecular flexibility index (Phi) is 4.81. The quantitative estimate of drug-likeness (QED) is 0.608. The Morgan fingerprint density at radius 3 is 2.45 bits per heavy atom. The molecule has 0 aromatic rings. The molecule has 0 saturated heterocycles. The summed E-state index contributed by atoms with van der Waals surface area (Å²) in [6, 6.07) is 0. The maximum atomic E-state index is 10.2. The molecule has 0 bridgehead atoms. The Hall–Kier alpha value is -0.610. The smallest absolute Gasteiger partial charge is 0.332 e. The Morgan fingerprint density at radius 2 is 2.09 bits per heavy atom. The summed E-state index contributed by atoms with van der Waals surface area (Å²) in [7, 11) is 0. The predicted octanol–water partition coefficient (Wildman–Crippen LogP) is 0.247. The number of aliphatic carboxylic acids is 1. The summed E-state index contributed by atoms with van der Waals surface area (Å²) in [6.45, 7) is 3.38. The second-order valence-electron chi connectivity index (χ2n) is 2.49. The fraction of sp³-hybridized carbons (Fsp3) is 0.857. The highest BCUT2D eigenvalue weighted by molar-refractivity contribution is 5.71. The molecule has 0 saturated carbocycles. The zero-order chi connectivity index (χ0) is 8.85. The van der Waals surface area contributed by atoms with Gasteiger partial charge in [-0.15, -0.1) is 0 Å². The van der Waals surface area contributed by atoms with Crippen LogP contribution in [0.1, 0.15) is 20.3 Å². The zero-order valence-electron chi connectivity index (χ0n) is 6.78. The minimum Gasteiger partial charge on any atom is -0.479 e. The van der Waals surface area contributed by atoms with Crippen molar-refractivity contribution in [2.75, 3.05) is 6.61 Å². The van der Waals surface area contributed by atoms with Gasteiger partial charge in [0.1, 0.15) is 0 Å². The fourth-order valence-corrected chi connectivity index (χ4v) is 0.487. The molecule has 2 atom stereocenters. The van der Waals surface area contributed by atoms with Gasteiger partial charge in [-0.05, 0) is 20.3 Å². The van der Waals surface area contributed by atoms with Crippen LogP contribution >= 0.6 is 0 Å². The summed E-state index contributed by atoms with van der Waals surface area (Å²) in [4.78, 5) is 10.2. The molecule has 0 fully saturated rings. The van der Waals surface area contributed by atoms with Crippen LogP contribution in [0.15, 0.2) is 0 Å². The van der Waals surface area contributed by atoms with Crippen LogP contribution in [0.25, 0.3) is 0 Å². The van der Waals surface area contributed by atoms with E-state index in [1.54, 1.807) is 6.92 Å². The lowest BCUT2D eigenvalue weighted by Crippen LogP contribution is -2.21. The van der Waals surface area contributed by atoms with Crippen LogP contribution in [0.2, 0.25) is 0 Å². The highest BCUT2D eigenvalue weighted by atomic mass is 16.5. The third kappa shape index (κ3) is 5.82. The first kappa shape index (κ1) is 10.4. The number of carboxylic acid groups (broad SMARTS) is 1. The van der Waals surface area contributed by atoms with Gasteiger partial charge in [-0.3, -0.25) is 0 Å². The first-order chi connectivity index (χ1) is 5.04. The van der Waals surface area contributed by atoms with Crippen LogP contribution in [-0.4, -0.2) is 35.0 Å². The van der Waals surface area contributed by atoms with E-state index in [1.807, 2.05) is 0 Å². The van der Waals surface area contributed by atoms with Gasteiger partial charge < -0.3 is 14.9 Å². The summed E-state index contributed by atoms with van der Waals surface area (Å²) in [5, 5.41) is 17.1. The maximum absolute atomic E-state index is 10.2. The number of hydrogen-bond acceptors (Lipinski definition) is 3. The predicted molar refractivity (Wildman–Crippen MR) is 39.3 cm³/mol. The minimum absolute atomic E-state index is 0.283. The number of aliphatic hydroxyl groups is 1. The highest BCUT2D eigenvalue weighted by Gasteiger charge is 2.10. The standard InChI is InChI=1S/C7H14O4/c1-5(8)3-4-11-6(2)7(9)10/h5-6,8H,3-4H2,1-2H3,(H,9,10). The molecule has 0 radical (unpaired) electrons. The van der Waals surface area contributed by atoms with E-state index in [4.69, 9.17) is 14.9 Å². The molecule has 4 heteroatoms. The van der Waals surface area contributed by atoms with E-state index < -0.39 is 18.2 Å². The third-order valence-corrected chi connectivity index (χ3v) is 1.25. The lowest BCUT2D eigenvalue weighted by molar-refractivity contribution is -0.149. The molecule has 0 heterocycles. The monoisotopic (exact) mass is 162 g/mol. The molecular weight excluding hydrogens is 148 g/mol. The van der Waals surface area contributed by atoms with Crippen LogP contribution < -0.4 is 0 Å². The number of carbonyl (C=O) groups is 1. The summed E-state index contributed by atoms with van der Waals surface area (Å²) in [5.74, 6) is -0.976. The van der Waals surface area contributed by atoms with E-state index in [2.05, 4.69) is 0 Å². The van der Waals surface area contributed by atoms with Crippen molar-refractivity contribution in [2.24, 2.45) is 0 Å². The molecule has 66 valence electrons. The average Bonchev–Trinajstić information content (AvgIpc) is 1.86. The Bertz CT molecular complexity index is 122. The number of rotatable bonds is 5. The molecule has 0 aliphatic carbocycles. The number of carboxylic acids is 1. The van der Waals surface area contributed by atoms with Crippen LogP contribution in [0.5, 0.6) is 0 Å². The van der Waals surface area contributed by atoms with Gasteiger partial charge >= 0.3 is 5.97 Å². The Labute approximate surface area is 65.8 Å². The molecule has 2 N–H and O–H groups in total. The van der Waals surface area contributed by atoms with Crippen molar-refractivity contribution in [3.05, 3.63) is 0 Å². The van der Waals surface area contributed by atoms with Crippen LogP contribution in [0.4, 0.5) is 0 Å². The van der Waals surface area contributed by atoms with Crippen molar-refractivity contribution in [1.82, 2.24) is 0 Å². The summed E-state index contributed by atoms with van der Waals surface area (Å²) < 4.78 is 4.85.